The quantitative estimate of drug-likeness (QED) is 0.720. The molecule has 25 heavy (non-hydrogen) atoms. The van der Waals surface area contributed by atoms with Gasteiger partial charge in [-0.1, -0.05) is 12.1 Å². The minimum absolute atomic E-state index is 0.106. The van der Waals surface area contributed by atoms with E-state index in [1.54, 1.807) is 47.6 Å². The Balaban J connectivity index is 1.76. The number of hydrogen-bond donors (Lipinski definition) is 2. The molecule has 2 aromatic heterocycles. The second kappa shape index (κ2) is 7.48. The summed E-state index contributed by atoms with van der Waals surface area (Å²) in [5.74, 6) is 0.360. The molecule has 1 aromatic carbocycles. The molecule has 2 heterocycles. The number of benzene rings is 1. The smallest absolute Gasteiger partial charge is 0.253 e. The van der Waals surface area contributed by atoms with E-state index in [0.29, 0.717) is 30.1 Å². The molecule has 0 unspecified atom stereocenters. The molecule has 7 heteroatoms. The monoisotopic (exact) mass is 338 g/mol. The maximum Gasteiger partial charge on any atom is 0.253 e. The molecule has 0 fully saturated rings. The third kappa shape index (κ3) is 4.14. The van der Waals surface area contributed by atoms with Crippen molar-refractivity contribution in [3.63, 3.8) is 0 Å². The van der Waals surface area contributed by atoms with Crippen LogP contribution in [0.1, 0.15) is 28.6 Å². The van der Waals surface area contributed by atoms with E-state index < -0.39 is 0 Å². The number of nitrogens with one attached hydrogen (secondary N) is 2. The topological polar surface area (TPSA) is 89.2 Å². The van der Waals surface area contributed by atoms with Crippen molar-refractivity contribution >= 4 is 11.8 Å². The minimum atomic E-state index is -0.217. The molecule has 0 spiro atoms. The zero-order chi connectivity index (χ0) is 17.6. The molecule has 0 aliphatic heterocycles. The standard InChI is InChI=1S/C18H18N4O3/c1-13(23)19-9-14-10-21-22(12-14)17-7-3-2-6-16(17)18(24)20-11-15-5-4-8-25-15/h2-8,10,12H,9,11H2,1H3,(H,19,23)(H,20,24). The molecule has 0 saturated carbocycles. The molecule has 3 rings (SSSR count). The third-order valence-corrected chi connectivity index (χ3v) is 3.58. The number of furan rings is 1. The predicted molar refractivity (Wildman–Crippen MR) is 91.0 cm³/mol. The summed E-state index contributed by atoms with van der Waals surface area (Å²) >= 11 is 0. The van der Waals surface area contributed by atoms with E-state index >= 15 is 0 Å². The summed E-state index contributed by atoms with van der Waals surface area (Å²) in [6, 6.07) is 10.8. The summed E-state index contributed by atoms with van der Waals surface area (Å²) in [7, 11) is 0. The highest BCUT2D eigenvalue weighted by Crippen LogP contribution is 2.15. The van der Waals surface area contributed by atoms with Gasteiger partial charge in [0.25, 0.3) is 5.91 Å². The molecular formula is C18H18N4O3. The van der Waals surface area contributed by atoms with Crippen LogP contribution in [0.15, 0.2) is 59.5 Å². The van der Waals surface area contributed by atoms with Gasteiger partial charge in [-0.2, -0.15) is 5.10 Å². The van der Waals surface area contributed by atoms with Crippen molar-refractivity contribution in [3.8, 4) is 5.69 Å². The van der Waals surface area contributed by atoms with Crippen molar-refractivity contribution in [2.75, 3.05) is 0 Å². The van der Waals surface area contributed by atoms with Crippen LogP contribution in [0.2, 0.25) is 0 Å². The Labute approximate surface area is 144 Å². The van der Waals surface area contributed by atoms with Crippen LogP contribution in [-0.2, 0) is 17.9 Å². The lowest BCUT2D eigenvalue weighted by molar-refractivity contribution is -0.119. The van der Waals surface area contributed by atoms with Crippen LogP contribution < -0.4 is 10.6 Å². The van der Waals surface area contributed by atoms with Crippen LogP contribution in [0, 0.1) is 0 Å². The van der Waals surface area contributed by atoms with Crippen molar-refractivity contribution in [3.05, 3.63) is 71.9 Å². The minimum Gasteiger partial charge on any atom is -0.467 e. The van der Waals surface area contributed by atoms with Crippen molar-refractivity contribution in [2.45, 2.75) is 20.0 Å². The summed E-state index contributed by atoms with van der Waals surface area (Å²) in [6.45, 7) is 2.17. The van der Waals surface area contributed by atoms with Crippen LogP contribution in [0.25, 0.3) is 5.69 Å². The normalized spacial score (nSPS) is 10.4. The van der Waals surface area contributed by atoms with E-state index in [-0.39, 0.29) is 11.8 Å². The average molecular weight is 338 g/mol. The summed E-state index contributed by atoms with van der Waals surface area (Å²) in [4.78, 5) is 23.5. The second-order valence-corrected chi connectivity index (χ2v) is 5.48. The van der Waals surface area contributed by atoms with Crippen molar-refractivity contribution in [1.29, 1.82) is 0 Å². The first-order valence-corrected chi connectivity index (χ1v) is 7.81. The summed E-state index contributed by atoms with van der Waals surface area (Å²) in [6.07, 6.45) is 5.01. The fourth-order valence-corrected chi connectivity index (χ4v) is 2.35. The van der Waals surface area contributed by atoms with Crippen molar-refractivity contribution in [1.82, 2.24) is 20.4 Å². The molecule has 128 valence electrons. The molecule has 0 saturated heterocycles. The van der Waals surface area contributed by atoms with E-state index in [2.05, 4.69) is 15.7 Å². The van der Waals surface area contributed by atoms with Gasteiger partial charge in [0.1, 0.15) is 5.76 Å². The van der Waals surface area contributed by atoms with E-state index in [1.165, 1.54) is 6.92 Å². The van der Waals surface area contributed by atoms with Gasteiger partial charge in [0.2, 0.25) is 5.91 Å². The molecule has 0 radical (unpaired) electrons. The second-order valence-electron chi connectivity index (χ2n) is 5.48. The molecule has 0 aliphatic rings. The molecule has 3 aromatic rings. The van der Waals surface area contributed by atoms with Gasteiger partial charge in [0.05, 0.1) is 30.3 Å². The molecule has 0 bridgehead atoms. The van der Waals surface area contributed by atoms with E-state index in [9.17, 15) is 9.59 Å². The fraction of sp³-hybridized carbons (Fsp3) is 0.167. The number of carbonyl (C=O) groups is 2. The zero-order valence-corrected chi connectivity index (χ0v) is 13.7. The van der Waals surface area contributed by atoms with E-state index in [4.69, 9.17) is 4.42 Å². The summed E-state index contributed by atoms with van der Waals surface area (Å²) in [5, 5.41) is 9.83. The van der Waals surface area contributed by atoms with Gasteiger partial charge >= 0.3 is 0 Å². The first-order valence-electron chi connectivity index (χ1n) is 7.81. The number of carbonyl (C=O) groups excluding carboxylic acids is 2. The maximum atomic E-state index is 12.5. The summed E-state index contributed by atoms with van der Waals surface area (Å²) < 4.78 is 6.84. The lowest BCUT2D eigenvalue weighted by atomic mass is 10.1. The van der Waals surface area contributed by atoms with E-state index in [1.807, 2.05) is 12.1 Å². The lowest BCUT2D eigenvalue weighted by Crippen LogP contribution is -2.24. The highest BCUT2D eigenvalue weighted by Gasteiger charge is 2.13. The summed E-state index contributed by atoms with van der Waals surface area (Å²) in [5.41, 5.74) is 2.01. The first kappa shape index (κ1) is 16.5. The molecule has 2 amide bonds. The number of hydrogen-bond acceptors (Lipinski definition) is 4. The van der Waals surface area contributed by atoms with Gasteiger partial charge in [-0.25, -0.2) is 4.68 Å². The highest BCUT2D eigenvalue weighted by atomic mass is 16.3. The molecule has 7 nitrogen and oxygen atoms in total. The molecule has 0 aliphatic carbocycles. The fourth-order valence-electron chi connectivity index (χ4n) is 2.35. The van der Waals surface area contributed by atoms with Crippen molar-refractivity contribution < 1.29 is 14.0 Å². The Hall–Kier alpha value is -3.35. The van der Waals surface area contributed by atoms with Gasteiger partial charge in [0.15, 0.2) is 0 Å². The van der Waals surface area contributed by atoms with Crippen LogP contribution in [0.4, 0.5) is 0 Å². The Morgan fingerprint density at radius 3 is 2.72 bits per heavy atom. The Bertz CT molecular complexity index is 868. The number of aromatic nitrogens is 2. The predicted octanol–water partition coefficient (Wildman–Crippen LogP) is 2.03. The Morgan fingerprint density at radius 2 is 1.96 bits per heavy atom. The largest absolute Gasteiger partial charge is 0.467 e. The number of rotatable bonds is 6. The average Bonchev–Trinajstić information content (AvgIpc) is 3.29. The first-order chi connectivity index (χ1) is 12.1. The maximum absolute atomic E-state index is 12.5. The van der Waals surface area contributed by atoms with Crippen LogP contribution >= 0.6 is 0 Å². The Kier molecular flexibility index (Phi) is 4.94. The van der Waals surface area contributed by atoms with Gasteiger partial charge in [-0.05, 0) is 24.3 Å². The molecule has 2 N–H and O–H groups in total. The van der Waals surface area contributed by atoms with Crippen LogP contribution in [0.5, 0.6) is 0 Å². The van der Waals surface area contributed by atoms with Crippen LogP contribution in [-0.4, -0.2) is 21.6 Å². The third-order valence-electron chi connectivity index (χ3n) is 3.58. The highest BCUT2D eigenvalue weighted by molar-refractivity contribution is 5.97. The van der Waals surface area contributed by atoms with Crippen LogP contribution in [0.3, 0.4) is 0 Å². The van der Waals surface area contributed by atoms with E-state index in [0.717, 1.165) is 5.56 Å². The molecular weight excluding hydrogens is 320 g/mol. The SMILES string of the molecule is CC(=O)NCc1cnn(-c2ccccc2C(=O)NCc2ccco2)c1. The van der Waals surface area contributed by atoms with Gasteiger partial charge in [-0.15, -0.1) is 0 Å². The van der Waals surface area contributed by atoms with Gasteiger partial charge in [-0.3, -0.25) is 9.59 Å². The lowest BCUT2D eigenvalue weighted by Gasteiger charge is -2.09. The number of para-hydroxylation sites is 1. The van der Waals surface area contributed by atoms with Gasteiger partial charge < -0.3 is 15.1 Å². The van der Waals surface area contributed by atoms with Gasteiger partial charge in [0, 0.05) is 25.2 Å². The molecule has 0 atom stereocenters. The number of nitrogens with zero attached hydrogens (tertiary/aromatic N) is 2. The van der Waals surface area contributed by atoms with Crippen molar-refractivity contribution in [2.24, 2.45) is 0 Å². The zero-order valence-electron chi connectivity index (χ0n) is 13.7. The number of amides is 2. The Morgan fingerprint density at radius 1 is 1.12 bits per heavy atom.